The molecule has 1 atom stereocenters. The van der Waals surface area contributed by atoms with E-state index in [4.69, 9.17) is 5.73 Å². The van der Waals surface area contributed by atoms with Crippen molar-refractivity contribution in [2.24, 2.45) is 11.7 Å². The van der Waals surface area contributed by atoms with Crippen molar-refractivity contribution in [2.75, 3.05) is 6.54 Å². The van der Waals surface area contributed by atoms with Gasteiger partial charge >= 0.3 is 0 Å². The number of aryl methyl sites for hydroxylation is 1. The third-order valence-corrected chi connectivity index (χ3v) is 4.97. The zero-order valence-corrected chi connectivity index (χ0v) is 10.4. The Hall–Kier alpha value is -0.860. The molecule has 1 aromatic carbocycles. The summed E-state index contributed by atoms with van der Waals surface area (Å²) in [5.74, 6) is 0.635. The van der Waals surface area contributed by atoms with Crippen LogP contribution in [0.2, 0.25) is 0 Å². The van der Waals surface area contributed by atoms with Gasteiger partial charge in [-0.1, -0.05) is 31.2 Å². The van der Waals surface area contributed by atoms with Gasteiger partial charge in [-0.05, 0) is 42.7 Å². The standard InChI is InChI=1S/C15H21NO/c1-11-8-15(17,9-11)14(10-16)7-6-12-4-2-3-5-13(12)14/h2-5,11,17H,6-10,16H2,1H3. The zero-order chi connectivity index (χ0) is 12.1. The van der Waals surface area contributed by atoms with E-state index >= 15 is 0 Å². The highest BCUT2D eigenvalue weighted by Gasteiger charge is 2.58. The average molecular weight is 231 g/mol. The molecular formula is C15H21NO. The minimum absolute atomic E-state index is 0.184. The van der Waals surface area contributed by atoms with Crippen molar-refractivity contribution >= 4 is 0 Å². The van der Waals surface area contributed by atoms with E-state index < -0.39 is 5.60 Å². The Morgan fingerprint density at radius 2 is 2.06 bits per heavy atom. The molecule has 1 unspecified atom stereocenters. The summed E-state index contributed by atoms with van der Waals surface area (Å²) in [6, 6.07) is 8.49. The van der Waals surface area contributed by atoms with Crippen LogP contribution < -0.4 is 5.73 Å². The molecule has 0 heterocycles. The summed E-state index contributed by atoms with van der Waals surface area (Å²) < 4.78 is 0. The summed E-state index contributed by atoms with van der Waals surface area (Å²) in [7, 11) is 0. The first kappa shape index (κ1) is 11.2. The molecule has 1 aromatic rings. The highest BCUT2D eigenvalue weighted by Crippen LogP contribution is 2.55. The number of aliphatic hydroxyl groups is 1. The van der Waals surface area contributed by atoms with Crippen LogP contribution in [0.4, 0.5) is 0 Å². The van der Waals surface area contributed by atoms with Crippen LogP contribution in [0.25, 0.3) is 0 Å². The van der Waals surface area contributed by atoms with Gasteiger partial charge in [0, 0.05) is 12.0 Å². The van der Waals surface area contributed by atoms with Crippen molar-refractivity contribution in [2.45, 2.75) is 43.6 Å². The predicted octanol–water partition coefficient (Wildman–Crippen LogP) is 1.99. The van der Waals surface area contributed by atoms with E-state index in [1.165, 1.54) is 11.1 Å². The lowest BCUT2D eigenvalue weighted by Crippen LogP contribution is -2.61. The monoisotopic (exact) mass is 231 g/mol. The highest BCUT2D eigenvalue weighted by atomic mass is 16.3. The van der Waals surface area contributed by atoms with Gasteiger partial charge in [-0.15, -0.1) is 0 Å². The summed E-state index contributed by atoms with van der Waals surface area (Å²) >= 11 is 0. The number of hydrogen-bond donors (Lipinski definition) is 2. The van der Waals surface area contributed by atoms with Gasteiger partial charge in [0.1, 0.15) is 0 Å². The van der Waals surface area contributed by atoms with Crippen LogP contribution in [-0.2, 0) is 11.8 Å². The van der Waals surface area contributed by atoms with Gasteiger partial charge in [0.15, 0.2) is 0 Å². The van der Waals surface area contributed by atoms with Gasteiger partial charge in [-0.25, -0.2) is 0 Å². The van der Waals surface area contributed by atoms with Gasteiger partial charge in [0.05, 0.1) is 5.60 Å². The quantitative estimate of drug-likeness (QED) is 0.817. The van der Waals surface area contributed by atoms with Crippen molar-refractivity contribution in [3.05, 3.63) is 35.4 Å². The zero-order valence-electron chi connectivity index (χ0n) is 10.4. The van der Waals surface area contributed by atoms with Gasteiger partial charge in [0.2, 0.25) is 0 Å². The van der Waals surface area contributed by atoms with Crippen molar-refractivity contribution in [3.63, 3.8) is 0 Å². The van der Waals surface area contributed by atoms with Gasteiger partial charge in [0.25, 0.3) is 0 Å². The van der Waals surface area contributed by atoms with Gasteiger partial charge < -0.3 is 10.8 Å². The Labute approximate surface area is 103 Å². The van der Waals surface area contributed by atoms with Crippen molar-refractivity contribution in [1.29, 1.82) is 0 Å². The number of hydrogen-bond acceptors (Lipinski definition) is 2. The highest BCUT2D eigenvalue weighted by molar-refractivity contribution is 5.43. The molecule has 0 aliphatic heterocycles. The van der Waals surface area contributed by atoms with Crippen LogP contribution in [0.3, 0.4) is 0 Å². The number of nitrogens with two attached hydrogens (primary N) is 1. The second-order valence-electron chi connectivity index (χ2n) is 5.99. The van der Waals surface area contributed by atoms with Crippen molar-refractivity contribution < 1.29 is 5.11 Å². The number of fused-ring (bicyclic) bond motifs is 1. The van der Waals surface area contributed by atoms with E-state index in [1.54, 1.807) is 0 Å². The molecule has 2 heteroatoms. The van der Waals surface area contributed by atoms with Gasteiger partial charge in [-0.3, -0.25) is 0 Å². The van der Waals surface area contributed by atoms with Crippen LogP contribution in [0.1, 0.15) is 37.3 Å². The normalized spacial score (nSPS) is 39.8. The van der Waals surface area contributed by atoms with E-state index in [-0.39, 0.29) is 5.41 Å². The molecule has 0 bridgehead atoms. The van der Waals surface area contributed by atoms with E-state index in [9.17, 15) is 5.11 Å². The molecule has 1 fully saturated rings. The summed E-state index contributed by atoms with van der Waals surface area (Å²) in [6.07, 6.45) is 3.87. The smallest absolute Gasteiger partial charge is 0.0761 e. The predicted molar refractivity (Wildman–Crippen MR) is 68.8 cm³/mol. The molecule has 0 amide bonds. The van der Waals surface area contributed by atoms with E-state index in [1.807, 2.05) is 0 Å². The first-order valence-electron chi connectivity index (χ1n) is 6.62. The fraction of sp³-hybridized carbons (Fsp3) is 0.600. The van der Waals surface area contributed by atoms with Crippen LogP contribution in [0, 0.1) is 5.92 Å². The number of benzene rings is 1. The lowest BCUT2D eigenvalue weighted by molar-refractivity contribution is -0.126. The Balaban J connectivity index is 2.05. The molecule has 0 radical (unpaired) electrons. The minimum Gasteiger partial charge on any atom is -0.389 e. The minimum atomic E-state index is -0.562. The fourth-order valence-electron chi connectivity index (χ4n) is 4.06. The molecule has 0 spiro atoms. The summed E-state index contributed by atoms with van der Waals surface area (Å²) in [6.45, 7) is 2.77. The fourth-order valence-corrected chi connectivity index (χ4v) is 4.06. The maximum atomic E-state index is 10.9. The third kappa shape index (κ3) is 1.34. The molecular weight excluding hydrogens is 210 g/mol. The number of rotatable bonds is 2. The van der Waals surface area contributed by atoms with Gasteiger partial charge in [-0.2, -0.15) is 0 Å². The maximum Gasteiger partial charge on any atom is 0.0761 e. The van der Waals surface area contributed by atoms with Crippen molar-refractivity contribution in [3.8, 4) is 0 Å². The third-order valence-electron chi connectivity index (χ3n) is 4.97. The summed E-state index contributed by atoms with van der Waals surface area (Å²) in [4.78, 5) is 0. The van der Waals surface area contributed by atoms with Crippen LogP contribution in [-0.4, -0.2) is 17.3 Å². The first-order valence-corrected chi connectivity index (χ1v) is 6.62. The lowest BCUT2D eigenvalue weighted by atomic mass is 9.55. The molecule has 3 rings (SSSR count). The Morgan fingerprint density at radius 1 is 1.35 bits per heavy atom. The van der Waals surface area contributed by atoms with E-state index in [0.29, 0.717) is 12.5 Å². The molecule has 92 valence electrons. The molecule has 3 N–H and O–H groups in total. The molecule has 2 aliphatic rings. The topological polar surface area (TPSA) is 46.2 Å². The maximum absolute atomic E-state index is 10.9. The lowest BCUT2D eigenvalue weighted by Gasteiger charge is -2.54. The molecule has 2 nitrogen and oxygen atoms in total. The SMILES string of the molecule is CC1CC(O)(C2(CN)CCc3ccccc32)C1. The molecule has 0 aromatic heterocycles. The second kappa shape index (κ2) is 3.56. The van der Waals surface area contributed by atoms with Crippen LogP contribution >= 0.6 is 0 Å². The van der Waals surface area contributed by atoms with Crippen LogP contribution in [0.5, 0.6) is 0 Å². The molecule has 0 saturated heterocycles. The van der Waals surface area contributed by atoms with E-state index in [2.05, 4.69) is 31.2 Å². The first-order chi connectivity index (χ1) is 8.11. The Kier molecular flexibility index (Phi) is 2.36. The Morgan fingerprint density at radius 3 is 2.71 bits per heavy atom. The second-order valence-corrected chi connectivity index (χ2v) is 5.99. The average Bonchev–Trinajstić information content (AvgIpc) is 2.67. The van der Waals surface area contributed by atoms with Crippen molar-refractivity contribution in [1.82, 2.24) is 0 Å². The summed E-state index contributed by atoms with van der Waals surface area (Å²) in [5.41, 5.74) is 8.00. The molecule has 17 heavy (non-hydrogen) atoms. The molecule has 1 saturated carbocycles. The molecule has 2 aliphatic carbocycles. The van der Waals surface area contributed by atoms with E-state index in [0.717, 1.165) is 25.7 Å². The summed E-state index contributed by atoms with van der Waals surface area (Å²) in [5, 5.41) is 10.9. The largest absolute Gasteiger partial charge is 0.389 e. The Bertz CT molecular complexity index is 436. The van der Waals surface area contributed by atoms with Crippen LogP contribution in [0.15, 0.2) is 24.3 Å².